The standard InChI is InChI=1S/C58H107N9O30S/c59-37-44(76)43(75)29(22-68)89-54(37)94-50-31(24-70)91-56(39(61)46(50)78)96-52-33(26-72)93-57(41(63)48(52)80)97-51-32(25-71)92-55(40(62)47(51)79)95-49-30(23-69)90-53(38(60)45(49)77)88-9-3-7-64-36(74)6-10-82-12-14-84-16-18-86-20-21-87-19-17-85-15-13-83-11-8-65-35(73)5-2-1-4-34-42-28(27-98-34)66-58(81)67-42/h28-34,37-57,68-72,75-80H,1-27,59-63H2,(H,64,74)(H,65,73)(H2,66,67,81)/t28-,29+,30+,31+,32+,33+,34-,37+,38+,39+,40+,41+,42-,43-,44+,45+,46+,47+,48+,49-,50-,51-,52-,53-,54+,55+,56+,57+/m0/s1. The minimum Gasteiger partial charge on any atom is -0.394 e. The number of carbonyl (C=O) groups is 3. The molecule has 0 aromatic rings. The fraction of sp³-hybridized carbons (Fsp3) is 0.948. The first-order valence-corrected chi connectivity index (χ1v) is 34.4. The zero-order chi connectivity index (χ0) is 70.8. The van der Waals surface area contributed by atoms with Crippen molar-refractivity contribution >= 4 is 29.6 Å². The Kier molecular flexibility index (Phi) is 36.1. The number of aliphatic hydroxyl groups excluding tert-OH is 11. The average molecular weight is 1440 g/mol. The maximum absolute atomic E-state index is 12.4. The van der Waals surface area contributed by atoms with Gasteiger partial charge in [-0.15, -0.1) is 0 Å². The van der Waals surface area contributed by atoms with Gasteiger partial charge < -0.3 is 182 Å². The van der Waals surface area contributed by atoms with Crippen LogP contribution in [0.5, 0.6) is 0 Å². The van der Waals surface area contributed by atoms with Crippen molar-refractivity contribution in [2.24, 2.45) is 28.7 Å². The first-order chi connectivity index (χ1) is 47.2. The smallest absolute Gasteiger partial charge is 0.315 e. The number of rotatable bonds is 44. The summed E-state index contributed by atoms with van der Waals surface area (Å²) in [4.78, 5) is 36.1. The predicted molar refractivity (Wildman–Crippen MR) is 334 cm³/mol. The number of aliphatic hydroxyl groups is 11. The van der Waals surface area contributed by atoms with Crippen molar-refractivity contribution in [1.82, 2.24) is 21.3 Å². The first-order valence-electron chi connectivity index (χ1n) is 33.3. The van der Waals surface area contributed by atoms with Crippen LogP contribution in [-0.4, -0.2) is 382 Å². The lowest BCUT2D eigenvalue weighted by Gasteiger charge is -2.50. The number of amides is 4. The number of hydrogen-bond donors (Lipinski definition) is 20. The number of nitrogens with one attached hydrogen (secondary N) is 4. The van der Waals surface area contributed by atoms with Crippen LogP contribution < -0.4 is 49.9 Å². The van der Waals surface area contributed by atoms with Crippen molar-refractivity contribution in [3.63, 3.8) is 0 Å². The van der Waals surface area contributed by atoms with Crippen LogP contribution >= 0.6 is 11.8 Å². The summed E-state index contributed by atoms with van der Waals surface area (Å²) in [6.45, 7) is 0.895. The highest BCUT2D eigenvalue weighted by Crippen LogP contribution is 2.36. The molecule has 7 aliphatic heterocycles. The Bertz CT molecular complexity index is 2280. The average Bonchev–Trinajstić information content (AvgIpc) is 1.01. The Hall–Kier alpha value is -2.72. The van der Waals surface area contributed by atoms with Gasteiger partial charge in [0.15, 0.2) is 31.5 Å². The maximum atomic E-state index is 12.4. The Labute approximate surface area is 571 Å². The molecule has 4 amide bonds. The molecule has 39 nitrogen and oxygen atoms in total. The Morgan fingerprint density at radius 3 is 1.23 bits per heavy atom. The van der Waals surface area contributed by atoms with Crippen molar-refractivity contribution in [3.05, 3.63) is 0 Å². The van der Waals surface area contributed by atoms with E-state index in [1.54, 1.807) is 0 Å². The number of ether oxygens (including phenoxy) is 16. The molecule has 28 atom stereocenters. The quantitative estimate of drug-likeness (QED) is 0.0199. The highest BCUT2D eigenvalue weighted by Gasteiger charge is 2.56. The lowest BCUT2D eigenvalue weighted by molar-refractivity contribution is -0.364. The molecule has 0 saturated carbocycles. The SMILES string of the molecule is N[C@H]1[C@@H](O[C@@H]2[C@H](O)[C@@H](N)[C@@H](O[C@@H]3[C@H](O)[C@@H](N)[C@@H](O[C@@H]4[C@H](O)[C@@H](N)[C@@H](O[C@@H]5[C@H](O)[C@@H](N)[C@@H](OCCCNC(=O)CCOCCOCCOCCOCCOCCOCCNC(=O)CCCC[C@@H]6SC[C@@H]7NC(=O)N[C@@H]76)O[C@@H]5CO)O[C@@H]4CO)O[C@@H]3CO)O[C@@H]2CO)O[C@H](CO)[C@H](O)[C@@H]1O. The van der Waals surface area contributed by atoms with Crippen LogP contribution in [0.4, 0.5) is 4.79 Å². The molecule has 40 heteroatoms. The number of hydrogen-bond acceptors (Lipinski definition) is 36. The summed E-state index contributed by atoms with van der Waals surface area (Å²) in [6, 6.07) is -6.89. The van der Waals surface area contributed by atoms with E-state index in [1.807, 2.05) is 11.8 Å². The summed E-state index contributed by atoms with van der Waals surface area (Å²) in [6.07, 6.45) is -27.1. The lowest BCUT2D eigenvalue weighted by atomic mass is 9.94. The van der Waals surface area contributed by atoms with E-state index in [1.165, 1.54) is 0 Å². The Morgan fingerprint density at radius 2 is 0.796 bits per heavy atom. The third kappa shape index (κ3) is 23.6. The molecule has 7 saturated heterocycles. The third-order valence-electron chi connectivity index (χ3n) is 17.6. The molecule has 98 heavy (non-hydrogen) atoms. The normalized spacial score (nSPS) is 38.9. The van der Waals surface area contributed by atoms with E-state index >= 15 is 0 Å². The van der Waals surface area contributed by atoms with Crippen molar-refractivity contribution in [2.75, 3.05) is 138 Å². The highest BCUT2D eigenvalue weighted by atomic mass is 32.2. The molecule has 570 valence electrons. The first kappa shape index (κ1) is 82.6. The topological polar surface area (TPSA) is 600 Å². The molecule has 25 N–H and O–H groups in total. The van der Waals surface area contributed by atoms with Crippen LogP contribution in [-0.2, 0) is 85.4 Å². The lowest BCUT2D eigenvalue weighted by Crippen LogP contribution is -2.70. The van der Waals surface area contributed by atoms with E-state index < -0.39 is 186 Å². The van der Waals surface area contributed by atoms with Gasteiger partial charge in [0.1, 0.15) is 91.6 Å². The zero-order valence-corrected chi connectivity index (χ0v) is 55.5. The van der Waals surface area contributed by atoms with Gasteiger partial charge in [0.05, 0.1) is 161 Å². The third-order valence-corrected chi connectivity index (χ3v) is 19.1. The molecule has 0 aromatic heterocycles. The van der Waals surface area contributed by atoms with E-state index in [4.69, 9.17) is 104 Å². The molecule has 0 bridgehead atoms. The molecule has 7 heterocycles. The molecule has 0 unspecified atom stereocenters. The van der Waals surface area contributed by atoms with Gasteiger partial charge in [-0.3, -0.25) is 9.59 Å². The van der Waals surface area contributed by atoms with Crippen LogP contribution in [0.2, 0.25) is 0 Å². The fourth-order valence-electron chi connectivity index (χ4n) is 12.0. The van der Waals surface area contributed by atoms with Crippen molar-refractivity contribution in [2.45, 2.75) is 209 Å². The minimum absolute atomic E-state index is 0.00201. The molecule has 7 aliphatic rings. The van der Waals surface area contributed by atoms with Gasteiger partial charge in [-0.1, -0.05) is 6.42 Å². The van der Waals surface area contributed by atoms with Crippen molar-refractivity contribution in [3.8, 4) is 0 Å². The van der Waals surface area contributed by atoms with E-state index in [0.717, 1.165) is 25.0 Å². The number of fused-ring (bicyclic) bond motifs is 1. The largest absolute Gasteiger partial charge is 0.394 e. The molecular weight excluding hydrogens is 1330 g/mol. The molecule has 0 aromatic carbocycles. The molecule has 0 aliphatic carbocycles. The Balaban J connectivity index is 0.681. The monoisotopic (exact) mass is 1440 g/mol. The van der Waals surface area contributed by atoms with Crippen molar-refractivity contribution < 1.29 is 146 Å². The van der Waals surface area contributed by atoms with E-state index in [2.05, 4.69) is 21.3 Å². The maximum Gasteiger partial charge on any atom is 0.315 e. The van der Waals surface area contributed by atoms with Gasteiger partial charge in [-0.05, 0) is 19.3 Å². The molecule has 7 rings (SSSR count). The molecule has 7 fully saturated rings. The summed E-state index contributed by atoms with van der Waals surface area (Å²) >= 11 is 1.87. The molecule has 0 spiro atoms. The summed E-state index contributed by atoms with van der Waals surface area (Å²) in [5.74, 6) is 0.660. The summed E-state index contributed by atoms with van der Waals surface area (Å²) in [5, 5.41) is 129. The van der Waals surface area contributed by atoms with E-state index in [0.29, 0.717) is 90.7 Å². The van der Waals surface area contributed by atoms with Crippen LogP contribution in [0, 0.1) is 0 Å². The van der Waals surface area contributed by atoms with Gasteiger partial charge in [-0.25, -0.2) is 4.79 Å². The second kappa shape index (κ2) is 42.9. The van der Waals surface area contributed by atoms with Gasteiger partial charge in [-0.2, -0.15) is 11.8 Å². The summed E-state index contributed by atoms with van der Waals surface area (Å²) < 4.78 is 91.5. The van der Waals surface area contributed by atoms with E-state index in [9.17, 15) is 70.6 Å². The summed E-state index contributed by atoms with van der Waals surface area (Å²) in [5.41, 5.74) is 31.4. The number of nitrogens with two attached hydrogens (primary N) is 5. The second-order valence-corrected chi connectivity index (χ2v) is 25.8. The summed E-state index contributed by atoms with van der Waals surface area (Å²) in [7, 11) is 0. The number of unbranched alkanes of at least 4 members (excludes halogenated alkanes) is 1. The van der Waals surface area contributed by atoms with Gasteiger partial charge in [0.25, 0.3) is 0 Å². The van der Waals surface area contributed by atoms with Gasteiger partial charge >= 0.3 is 6.03 Å². The van der Waals surface area contributed by atoms with Crippen LogP contribution in [0.15, 0.2) is 0 Å². The molecule has 0 radical (unpaired) electrons. The fourth-order valence-corrected chi connectivity index (χ4v) is 13.5. The number of carbonyl (C=O) groups excluding carboxylic acids is 3. The highest BCUT2D eigenvalue weighted by molar-refractivity contribution is 8.00. The van der Waals surface area contributed by atoms with E-state index in [-0.39, 0.29) is 62.7 Å². The predicted octanol–water partition coefficient (Wildman–Crippen LogP) is -11.2. The second-order valence-electron chi connectivity index (χ2n) is 24.6. The van der Waals surface area contributed by atoms with Gasteiger partial charge in [0, 0.05) is 36.9 Å². The Morgan fingerprint density at radius 1 is 0.429 bits per heavy atom. The van der Waals surface area contributed by atoms with Crippen LogP contribution in [0.25, 0.3) is 0 Å². The van der Waals surface area contributed by atoms with Crippen molar-refractivity contribution in [1.29, 1.82) is 0 Å². The number of urea groups is 1. The zero-order valence-electron chi connectivity index (χ0n) is 54.7. The minimum atomic E-state index is -1.77. The van der Waals surface area contributed by atoms with Gasteiger partial charge in [0.2, 0.25) is 11.8 Å². The molecular formula is C58H107N9O30S. The van der Waals surface area contributed by atoms with Crippen LogP contribution in [0.1, 0.15) is 38.5 Å². The number of thioether (sulfide) groups is 1. The van der Waals surface area contributed by atoms with Crippen LogP contribution in [0.3, 0.4) is 0 Å².